The summed E-state index contributed by atoms with van der Waals surface area (Å²) in [5.74, 6) is -1.92. The standard InChI is InChI=1S/C15H14Cl2N2O4/c1-7(15(21)22)6-18-14(20)11-8(2)23-19-13(11)12-9(16)4-3-5-10(12)17/h3-5,7H,6H2,1-2H3,(H,18,20)(H,21,22). The second-order valence-electron chi connectivity index (χ2n) is 5.01. The molecule has 0 spiro atoms. The largest absolute Gasteiger partial charge is 0.481 e. The third kappa shape index (κ3) is 3.65. The summed E-state index contributed by atoms with van der Waals surface area (Å²) in [6.07, 6.45) is 0. The Morgan fingerprint density at radius 3 is 2.52 bits per heavy atom. The van der Waals surface area contributed by atoms with Crippen molar-refractivity contribution in [1.29, 1.82) is 0 Å². The highest BCUT2D eigenvalue weighted by molar-refractivity contribution is 6.39. The van der Waals surface area contributed by atoms with Gasteiger partial charge in [-0.3, -0.25) is 9.59 Å². The number of benzene rings is 1. The molecule has 2 N–H and O–H groups in total. The maximum Gasteiger partial charge on any atom is 0.308 e. The molecule has 0 aliphatic carbocycles. The molecule has 0 aliphatic heterocycles. The fraction of sp³-hybridized carbons (Fsp3) is 0.267. The molecule has 0 aliphatic rings. The topological polar surface area (TPSA) is 92.4 Å². The molecule has 6 nitrogen and oxygen atoms in total. The smallest absolute Gasteiger partial charge is 0.308 e. The number of carbonyl (C=O) groups is 2. The van der Waals surface area contributed by atoms with Gasteiger partial charge in [0.2, 0.25) is 0 Å². The van der Waals surface area contributed by atoms with Gasteiger partial charge >= 0.3 is 5.97 Å². The number of carboxylic acids is 1. The first-order valence-electron chi connectivity index (χ1n) is 6.74. The number of halogens is 2. The van der Waals surface area contributed by atoms with Gasteiger partial charge in [-0.15, -0.1) is 0 Å². The van der Waals surface area contributed by atoms with Crippen molar-refractivity contribution in [2.45, 2.75) is 13.8 Å². The fourth-order valence-electron chi connectivity index (χ4n) is 1.96. The minimum absolute atomic E-state index is 0.0194. The zero-order valence-electron chi connectivity index (χ0n) is 12.4. The first-order valence-corrected chi connectivity index (χ1v) is 7.50. The minimum Gasteiger partial charge on any atom is -0.481 e. The van der Waals surface area contributed by atoms with E-state index in [0.717, 1.165) is 0 Å². The number of nitrogens with zero attached hydrogens (tertiary/aromatic N) is 1. The van der Waals surface area contributed by atoms with Crippen molar-refractivity contribution < 1.29 is 19.2 Å². The third-order valence-corrected chi connectivity index (χ3v) is 3.91. The van der Waals surface area contributed by atoms with Crippen LogP contribution in [-0.2, 0) is 4.79 Å². The summed E-state index contributed by atoms with van der Waals surface area (Å²) in [5.41, 5.74) is 0.792. The van der Waals surface area contributed by atoms with Crippen LogP contribution in [0.25, 0.3) is 11.3 Å². The number of nitrogens with one attached hydrogen (secondary N) is 1. The van der Waals surface area contributed by atoms with E-state index in [4.69, 9.17) is 32.8 Å². The van der Waals surface area contributed by atoms with E-state index < -0.39 is 17.8 Å². The lowest BCUT2D eigenvalue weighted by atomic mass is 10.0. The molecule has 122 valence electrons. The van der Waals surface area contributed by atoms with E-state index in [1.165, 1.54) is 6.92 Å². The number of hydrogen-bond acceptors (Lipinski definition) is 4. The van der Waals surface area contributed by atoms with Crippen LogP contribution < -0.4 is 5.32 Å². The molecule has 1 aromatic carbocycles. The van der Waals surface area contributed by atoms with Crippen LogP contribution >= 0.6 is 23.2 Å². The van der Waals surface area contributed by atoms with Gasteiger partial charge in [0.15, 0.2) is 0 Å². The average Bonchev–Trinajstić information content (AvgIpc) is 2.85. The first kappa shape index (κ1) is 17.3. The van der Waals surface area contributed by atoms with Crippen molar-refractivity contribution in [3.05, 3.63) is 39.6 Å². The van der Waals surface area contributed by atoms with Gasteiger partial charge in [-0.25, -0.2) is 0 Å². The normalized spacial score (nSPS) is 12.0. The highest BCUT2D eigenvalue weighted by Crippen LogP contribution is 2.36. The van der Waals surface area contributed by atoms with E-state index in [-0.39, 0.29) is 23.6 Å². The van der Waals surface area contributed by atoms with Crippen LogP contribution in [0.15, 0.2) is 22.7 Å². The van der Waals surface area contributed by atoms with Gasteiger partial charge < -0.3 is 14.9 Å². The first-order chi connectivity index (χ1) is 10.8. The van der Waals surface area contributed by atoms with Crippen molar-refractivity contribution in [1.82, 2.24) is 10.5 Å². The summed E-state index contributed by atoms with van der Waals surface area (Å²) >= 11 is 12.3. The van der Waals surface area contributed by atoms with Crippen LogP contribution in [0.3, 0.4) is 0 Å². The number of aryl methyl sites for hydroxylation is 1. The number of rotatable bonds is 5. The zero-order valence-corrected chi connectivity index (χ0v) is 13.9. The fourth-order valence-corrected chi connectivity index (χ4v) is 2.53. The summed E-state index contributed by atoms with van der Waals surface area (Å²) in [7, 11) is 0. The van der Waals surface area contributed by atoms with Crippen LogP contribution in [0.5, 0.6) is 0 Å². The quantitative estimate of drug-likeness (QED) is 0.856. The molecular weight excluding hydrogens is 343 g/mol. The molecule has 0 fully saturated rings. The molecule has 0 saturated heterocycles. The van der Waals surface area contributed by atoms with Gasteiger partial charge in [-0.2, -0.15) is 0 Å². The van der Waals surface area contributed by atoms with E-state index in [2.05, 4.69) is 10.5 Å². The molecule has 0 radical (unpaired) electrons. The van der Waals surface area contributed by atoms with E-state index in [1.807, 2.05) is 0 Å². The molecule has 23 heavy (non-hydrogen) atoms. The molecule has 8 heteroatoms. The Kier molecular flexibility index (Phi) is 5.28. The lowest BCUT2D eigenvalue weighted by Crippen LogP contribution is -2.31. The maximum absolute atomic E-state index is 12.4. The summed E-state index contributed by atoms with van der Waals surface area (Å²) in [4.78, 5) is 23.2. The molecule has 1 aromatic heterocycles. The highest BCUT2D eigenvalue weighted by atomic mass is 35.5. The second kappa shape index (κ2) is 7.02. The monoisotopic (exact) mass is 356 g/mol. The molecule has 1 amide bonds. The lowest BCUT2D eigenvalue weighted by molar-refractivity contribution is -0.140. The van der Waals surface area contributed by atoms with Crippen LogP contribution in [0.4, 0.5) is 0 Å². The lowest BCUT2D eigenvalue weighted by Gasteiger charge is -2.09. The van der Waals surface area contributed by atoms with Crippen molar-refractivity contribution in [3.63, 3.8) is 0 Å². The average molecular weight is 357 g/mol. The van der Waals surface area contributed by atoms with Crippen molar-refractivity contribution in [2.75, 3.05) is 6.54 Å². The summed E-state index contributed by atoms with van der Waals surface area (Å²) < 4.78 is 5.09. The van der Waals surface area contributed by atoms with Gasteiger partial charge in [0.05, 0.1) is 16.0 Å². The number of carboxylic acid groups (broad SMARTS) is 1. The molecule has 1 atom stereocenters. The summed E-state index contributed by atoms with van der Waals surface area (Å²) in [5, 5.41) is 16.0. The Morgan fingerprint density at radius 1 is 1.35 bits per heavy atom. The van der Waals surface area contributed by atoms with Gasteiger partial charge in [0.25, 0.3) is 5.91 Å². The molecule has 0 bridgehead atoms. The summed E-state index contributed by atoms with van der Waals surface area (Å²) in [6, 6.07) is 4.93. The van der Waals surface area contributed by atoms with Crippen LogP contribution in [0.2, 0.25) is 10.0 Å². The van der Waals surface area contributed by atoms with E-state index in [0.29, 0.717) is 15.6 Å². The number of amides is 1. The van der Waals surface area contributed by atoms with Gasteiger partial charge in [0.1, 0.15) is 17.0 Å². The zero-order chi connectivity index (χ0) is 17.1. The molecule has 0 saturated carbocycles. The van der Waals surface area contributed by atoms with E-state index in [1.54, 1.807) is 25.1 Å². The van der Waals surface area contributed by atoms with E-state index in [9.17, 15) is 9.59 Å². The number of hydrogen-bond donors (Lipinski definition) is 2. The third-order valence-electron chi connectivity index (χ3n) is 3.28. The minimum atomic E-state index is -0.998. The molecular formula is C15H14Cl2N2O4. The Hall–Kier alpha value is -2.05. The molecule has 1 heterocycles. The van der Waals surface area contributed by atoms with Crippen molar-refractivity contribution in [2.24, 2.45) is 5.92 Å². The Morgan fingerprint density at radius 2 is 1.96 bits per heavy atom. The predicted octanol–water partition coefficient (Wildman–Crippen LogP) is 3.41. The van der Waals surface area contributed by atoms with Crippen LogP contribution in [0.1, 0.15) is 23.0 Å². The molecule has 2 aromatic rings. The van der Waals surface area contributed by atoms with Crippen LogP contribution in [0, 0.1) is 12.8 Å². The SMILES string of the molecule is Cc1onc(-c2c(Cl)cccc2Cl)c1C(=O)NCC(C)C(=O)O. The predicted molar refractivity (Wildman–Crippen MR) is 85.8 cm³/mol. The van der Waals surface area contributed by atoms with Gasteiger partial charge in [-0.1, -0.05) is 41.3 Å². The van der Waals surface area contributed by atoms with Crippen molar-refractivity contribution >= 4 is 35.1 Å². The highest BCUT2D eigenvalue weighted by Gasteiger charge is 2.25. The van der Waals surface area contributed by atoms with Crippen LogP contribution in [-0.4, -0.2) is 28.7 Å². The van der Waals surface area contributed by atoms with Gasteiger partial charge in [-0.05, 0) is 19.1 Å². The molecule has 2 rings (SSSR count). The Labute approximate surface area is 142 Å². The van der Waals surface area contributed by atoms with E-state index >= 15 is 0 Å². The summed E-state index contributed by atoms with van der Waals surface area (Å²) in [6.45, 7) is 3.06. The number of aliphatic carboxylic acids is 1. The second-order valence-corrected chi connectivity index (χ2v) is 5.82. The number of carbonyl (C=O) groups excluding carboxylic acids is 1. The Balaban J connectivity index is 2.36. The maximum atomic E-state index is 12.4. The number of aromatic nitrogens is 1. The van der Waals surface area contributed by atoms with Crippen molar-refractivity contribution in [3.8, 4) is 11.3 Å². The van der Waals surface area contributed by atoms with Gasteiger partial charge in [0, 0.05) is 12.1 Å². The Bertz CT molecular complexity index is 738. The molecule has 1 unspecified atom stereocenters.